The van der Waals surface area contributed by atoms with Crippen molar-refractivity contribution in [2.45, 2.75) is 19.4 Å². The maximum absolute atomic E-state index is 11.8. The fraction of sp³-hybridized carbons (Fsp3) is 0.667. The molecule has 0 amide bonds. The van der Waals surface area contributed by atoms with Crippen LogP contribution in [0.3, 0.4) is 0 Å². The number of unbranched alkanes of at least 4 members (excludes halogenated alkanes) is 1. The molecule has 0 saturated heterocycles. The Morgan fingerprint density at radius 3 is 2.89 bits per heavy atom. The zero-order valence-corrected chi connectivity index (χ0v) is 11.1. The number of likely N-dealkylation sites (N-methyl/N-ethyl adjacent to an activating group) is 1. The van der Waals surface area contributed by atoms with E-state index in [1.54, 1.807) is 19.4 Å². The molecule has 18 heavy (non-hydrogen) atoms. The van der Waals surface area contributed by atoms with Gasteiger partial charge < -0.3 is 15.4 Å². The van der Waals surface area contributed by atoms with Crippen LogP contribution in [0.4, 0.5) is 5.69 Å². The molecule has 6 heteroatoms. The summed E-state index contributed by atoms with van der Waals surface area (Å²) in [5.74, 6) is 0. The largest absolute Gasteiger partial charge is 0.385 e. The Hall–Kier alpha value is -1.40. The van der Waals surface area contributed by atoms with E-state index in [0.29, 0.717) is 26.2 Å². The van der Waals surface area contributed by atoms with Crippen LogP contribution < -0.4 is 16.2 Å². The Kier molecular flexibility index (Phi) is 6.38. The first kappa shape index (κ1) is 14.7. The average molecular weight is 254 g/mol. The number of anilines is 1. The van der Waals surface area contributed by atoms with Crippen molar-refractivity contribution in [2.24, 2.45) is 5.73 Å². The van der Waals surface area contributed by atoms with E-state index in [9.17, 15) is 4.79 Å². The molecule has 0 saturated carbocycles. The quantitative estimate of drug-likeness (QED) is 0.664. The highest BCUT2D eigenvalue weighted by molar-refractivity contribution is 5.41. The number of nitrogens with two attached hydrogens (primary N) is 1. The van der Waals surface area contributed by atoms with Gasteiger partial charge in [-0.05, 0) is 12.8 Å². The number of aryl methyl sites for hydroxylation is 1. The summed E-state index contributed by atoms with van der Waals surface area (Å²) in [7, 11) is 3.57. The van der Waals surface area contributed by atoms with E-state index >= 15 is 0 Å². The molecule has 1 heterocycles. The predicted octanol–water partition coefficient (Wildman–Crippen LogP) is 0.0648. The number of nitrogens with zero attached hydrogens (tertiary/aromatic N) is 3. The molecule has 0 unspecified atom stereocenters. The Morgan fingerprint density at radius 1 is 1.50 bits per heavy atom. The van der Waals surface area contributed by atoms with Gasteiger partial charge in [0.2, 0.25) is 0 Å². The van der Waals surface area contributed by atoms with E-state index in [1.807, 2.05) is 11.9 Å². The van der Waals surface area contributed by atoms with Crippen molar-refractivity contribution in [3.63, 3.8) is 0 Å². The lowest BCUT2D eigenvalue weighted by Crippen LogP contribution is -2.29. The first-order chi connectivity index (χ1) is 8.69. The lowest BCUT2D eigenvalue weighted by molar-refractivity contribution is 0.190. The van der Waals surface area contributed by atoms with Crippen LogP contribution in [0.1, 0.15) is 12.8 Å². The van der Waals surface area contributed by atoms with E-state index in [-0.39, 0.29) is 5.56 Å². The molecule has 0 atom stereocenters. The summed E-state index contributed by atoms with van der Waals surface area (Å²) in [6, 6.07) is 1.60. The normalized spacial score (nSPS) is 10.6. The highest BCUT2D eigenvalue weighted by atomic mass is 16.5. The number of ether oxygens (including phenoxy) is 1. The number of hydrogen-bond acceptors (Lipinski definition) is 5. The Morgan fingerprint density at radius 2 is 2.28 bits per heavy atom. The molecule has 1 aromatic heterocycles. The van der Waals surface area contributed by atoms with Gasteiger partial charge in [-0.25, -0.2) is 4.68 Å². The summed E-state index contributed by atoms with van der Waals surface area (Å²) in [6.07, 6.45) is 3.52. The minimum atomic E-state index is -0.0752. The molecular weight excluding hydrogens is 232 g/mol. The van der Waals surface area contributed by atoms with Crippen molar-refractivity contribution in [3.05, 3.63) is 22.6 Å². The second kappa shape index (κ2) is 7.84. The van der Waals surface area contributed by atoms with Crippen molar-refractivity contribution in [3.8, 4) is 0 Å². The first-order valence-corrected chi connectivity index (χ1v) is 6.16. The Labute approximate surface area is 107 Å². The van der Waals surface area contributed by atoms with Gasteiger partial charge in [0.05, 0.1) is 11.9 Å². The van der Waals surface area contributed by atoms with Crippen LogP contribution in [0, 0.1) is 0 Å². The predicted molar refractivity (Wildman–Crippen MR) is 71.9 cm³/mol. The third-order valence-corrected chi connectivity index (χ3v) is 2.73. The maximum atomic E-state index is 11.8. The number of rotatable bonds is 8. The van der Waals surface area contributed by atoms with Gasteiger partial charge in [-0.3, -0.25) is 4.79 Å². The van der Waals surface area contributed by atoms with Gasteiger partial charge in [0.1, 0.15) is 0 Å². The molecule has 0 radical (unpaired) electrons. The molecule has 1 aromatic rings. The minimum absolute atomic E-state index is 0.0752. The first-order valence-electron chi connectivity index (χ1n) is 6.16. The third kappa shape index (κ3) is 4.46. The smallest absolute Gasteiger partial charge is 0.268 e. The van der Waals surface area contributed by atoms with Crippen molar-refractivity contribution in [1.29, 1.82) is 0 Å². The standard InChI is InChI=1S/C12H22N4O2/c1-15(7-5-13)11-9-12(17)16(14-10-11)6-3-4-8-18-2/h9-10H,3-8,13H2,1-2H3. The molecule has 0 aliphatic rings. The van der Waals surface area contributed by atoms with Gasteiger partial charge in [0.25, 0.3) is 5.56 Å². The van der Waals surface area contributed by atoms with E-state index in [0.717, 1.165) is 18.5 Å². The van der Waals surface area contributed by atoms with Crippen LogP contribution in [0.2, 0.25) is 0 Å². The van der Waals surface area contributed by atoms with Gasteiger partial charge in [-0.2, -0.15) is 5.10 Å². The molecule has 2 N–H and O–H groups in total. The fourth-order valence-electron chi connectivity index (χ4n) is 1.63. The van der Waals surface area contributed by atoms with Crippen LogP contribution in [-0.2, 0) is 11.3 Å². The minimum Gasteiger partial charge on any atom is -0.385 e. The van der Waals surface area contributed by atoms with Gasteiger partial charge in [0.15, 0.2) is 0 Å². The van der Waals surface area contributed by atoms with Crippen LogP contribution in [0.25, 0.3) is 0 Å². The molecule has 1 rings (SSSR count). The summed E-state index contributed by atoms with van der Waals surface area (Å²) in [5, 5.41) is 4.16. The highest BCUT2D eigenvalue weighted by Gasteiger charge is 2.03. The zero-order valence-electron chi connectivity index (χ0n) is 11.1. The monoisotopic (exact) mass is 254 g/mol. The highest BCUT2D eigenvalue weighted by Crippen LogP contribution is 2.05. The summed E-state index contributed by atoms with van der Waals surface area (Å²) in [6.45, 7) is 2.60. The van der Waals surface area contributed by atoms with Crippen LogP contribution in [-0.4, -0.2) is 43.6 Å². The number of methoxy groups -OCH3 is 1. The molecule has 0 fully saturated rings. The maximum Gasteiger partial charge on any atom is 0.268 e. The molecule has 0 bridgehead atoms. The zero-order chi connectivity index (χ0) is 13.4. The average Bonchev–Trinajstić information content (AvgIpc) is 2.36. The lowest BCUT2D eigenvalue weighted by atomic mass is 10.3. The molecule has 0 aliphatic carbocycles. The molecule has 0 aromatic carbocycles. The fourth-order valence-corrected chi connectivity index (χ4v) is 1.63. The van der Waals surface area contributed by atoms with E-state index in [4.69, 9.17) is 10.5 Å². The van der Waals surface area contributed by atoms with Crippen molar-refractivity contribution in [2.75, 3.05) is 38.8 Å². The molecule has 6 nitrogen and oxygen atoms in total. The van der Waals surface area contributed by atoms with E-state index < -0.39 is 0 Å². The lowest BCUT2D eigenvalue weighted by Gasteiger charge is -2.17. The molecular formula is C12H22N4O2. The molecule has 0 aliphatic heterocycles. The van der Waals surface area contributed by atoms with Gasteiger partial charge >= 0.3 is 0 Å². The molecule has 102 valence electrons. The molecule has 0 spiro atoms. The van der Waals surface area contributed by atoms with Crippen molar-refractivity contribution < 1.29 is 4.74 Å². The van der Waals surface area contributed by atoms with Crippen LogP contribution in [0.5, 0.6) is 0 Å². The van der Waals surface area contributed by atoms with Crippen LogP contribution >= 0.6 is 0 Å². The second-order valence-corrected chi connectivity index (χ2v) is 4.19. The number of aromatic nitrogens is 2. The Bertz CT molecular complexity index is 405. The van der Waals surface area contributed by atoms with Crippen molar-refractivity contribution >= 4 is 5.69 Å². The Balaban J connectivity index is 2.59. The topological polar surface area (TPSA) is 73.4 Å². The third-order valence-electron chi connectivity index (χ3n) is 2.73. The van der Waals surface area contributed by atoms with Gasteiger partial charge in [0, 0.05) is 46.5 Å². The summed E-state index contributed by atoms with van der Waals surface area (Å²) < 4.78 is 6.44. The SMILES string of the molecule is COCCCCn1ncc(N(C)CCN)cc1=O. The summed E-state index contributed by atoms with van der Waals surface area (Å²) >= 11 is 0. The van der Waals surface area contributed by atoms with Gasteiger partial charge in [-0.15, -0.1) is 0 Å². The van der Waals surface area contributed by atoms with Crippen molar-refractivity contribution in [1.82, 2.24) is 9.78 Å². The van der Waals surface area contributed by atoms with Gasteiger partial charge in [-0.1, -0.05) is 0 Å². The van der Waals surface area contributed by atoms with E-state index in [1.165, 1.54) is 4.68 Å². The summed E-state index contributed by atoms with van der Waals surface area (Å²) in [5.41, 5.74) is 6.20. The second-order valence-electron chi connectivity index (χ2n) is 4.19. The van der Waals surface area contributed by atoms with E-state index in [2.05, 4.69) is 5.10 Å². The van der Waals surface area contributed by atoms with Crippen LogP contribution in [0.15, 0.2) is 17.1 Å². The summed E-state index contributed by atoms with van der Waals surface area (Å²) in [4.78, 5) is 13.7. The number of hydrogen-bond donors (Lipinski definition) is 1.